The number of amides is 2. The topological polar surface area (TPSA) is 75.4 Å². The largest absolute Gasteiger partial charge is 0.329 e. The van der Waals surface area contributed by atoms with Crippen LogP contribution in [0.1, 0.15) is 45.6 Å². The van der Waals surface area contributed by atoms with Crippen molar-refractivity contribution in [3.63, 3.8) is 0 Å². The third-order valence-corrected chi connectivity index (χ3v) is 5.06. The van der Waals surface area contributed by atoms with Crippen LogP contribution in [0.15, 0.2) is 18.2 Å². The average Bonchev–Trinajstić information content (AvgIpc) is 2.56. The molecule has 0 unspecified atom stereocenters. The van der Waals surface area contributed by atoms with Crippen molar-refractivity contribution in [1.29, 1.82) is 0 Å². The fourth-order valence-electron chi connectivity index (χ4n) is 3.22. The maximum absolute atomic E-state index is 12.6. The van der Waals surface area contributed by atoms with Gasteiger partial charge in [-0.15, -0.1) is 12.4 Å². The van der Waals surface area contributed by atoms with Crippen molar-refractivity contribution < 1.29 is 9.59 Å². The number of halogens is 1. The molecule has 0 aromatic heterocycles. The van der Waals surface area contributed by atoms with Gasteiger partial charge in [-0.3, -0.25) is 9.59 Å². The molecule has 0 radical (unpaired) electrons. The van der Waals surface area contributed by atoms with Crippen molar-refractivity contribution in [3.8, 4) is 0 Å². The van der Waals surface area contributed by atoms with E-state index in [4.69, 9.17) is 5.73 Å². The van der Waals surface area contributed by atoms with Crippen molar-refractivity contribution >= 4 is 35.6 Å². The van der Waals surface area contributed by atoms with E-state index in [1.807, 2.05) is 32.0 Å². The van der Waals surface area contributed by atoms with Gasteiger partial charge >= 0.3 is 0 Å². The van der Waals surface area contributed by atoms with Gasteiger partial charge in [0, 0.05) is 31.4 Å². The first kappa shape index (κ1) is 20.5. The summed E-state index contributed by atoms with van der Waals surface area (Å²) in [5, 5.41) is 3.01. The normalized spacial score (nSPS) is 13.8. The third kappa shape index (κ3) is 3.90. The maximum atomic E-state index is 12.6. The molecule has 1 aromatic carbocycles. The van der Waals surface area contributed by atoms with Gasteiger partial charge in [-0.2, -0.15) is 0 Å². The summed E-state index contributed by atoms with van der Waals surface area (Å²) in [6.45, 7) is 6.68. The Hall–Kier alpha value is -1.59. The Morgan fingerprint density at radius 2 is 1.96 bits per heavy atom. The molecule has 1 heterocycles. The fourth-order valence-corrected chi connectivity index (χ4v) is 3.22. The van der Waals surface area contributed by atoms with Gasteiger partial charge in [-0.25, -0.2) is 0 Å². The SMILES string of the molecule is CCC(CC)(CN)C(=O)Nc1ccc2c(c1)CCCN2C(C)=O.Cl. The standard InChI is InChI=1S/C18H27N3O2.ClH/c1-4-18(5-2,12-19)17(23)20-15-8-9-16-14(11-15)7-6-10-21(16)13(3)22;/h8-9,11H,4-7,10,12,19H2,1-3H3,(H,20,23);1H. The first-order valence-electron chi connectivity index (χ1n) is 8.40. The highest BCUT2D eigenvalue weighted by Crippen LogP contribution is 2.31. The molecule has 0 fully saturated rings. The smallest absolute Gasteiger partial charge is 0.231 e. The van der Waals surface area contributed by atoms with Gasteiger partial charge < -0.3 is 16.0 Å². The number of benzene rings is 1. The lowest BCUT2D eigenvalue weighted by atomic mass is 9.81. The summed E-state index contributed by atoms with van der Waals surface area (Å²) in [6, 6.07) is 5.77. The van der Waals surface area contributed by atoms with E-state index in [1.165, 1.54) is 0 Å². The molecule has 24 heavy (non-hydrogen) atoms. The Balaban J connectivity index is 0.00000288. The van der Waals surface area contributed by atoms with Crippen molar-refractivity contribution in [2.24, 2.45) is 11.1 Å². The molecule has 134 valence electrons. The van der Waals surface area contributed by atoms with Crippen LogP contribution < -0.4 is 16.0 Å². The number of nitrogens with two attached hydrogens (primary N) is 1. The minimum atomic E-state index is -0.513. The molecule has 0 spiro atoms. The number of carbonyl (C=O) groups excluding carboxylic acids is 2. The van der Waals surface area contributed by atoms with Gasteiger partial charge in [0.1, 0.15) is 0 Å². The zero-order valence-electron chi connectivity index (χ0n) is 14.7. The summed E-state index contributed by atoms with van der Waals surface area (Å²) in [4.78, 5) is 26.1. The van der Waals surface area contributed by atoms with E-state index in [1.54, 1.807) is 11.8 Å². The average molecular weight is 354 g/mol. The van der Waals surface area contributed by atoms with E-state index in [0.717, 1.165) is 49.2 Å². The Morgan fingerprint density at radius 3 is 2.50 bits per heavy atom. The van der Waals surface area contributed by atoms with Gasteiger partial charge in [0.25, 0.3) is 0 Å². The van der Waals surface area contributed by atoms with Crippen LogP contribution in [0.25, 0.3) is 0 Å². The number of nitrogens with zero attached hydrogens (tertiary/aromatic N) is 1. The summed E-state index contributed by atoms with van der Waals surface area (Å²) >= 11 is 0. The zero-order chi connectivity index (χ0) is 17.0. The summed E-state index contributed by atoms with van der Waals surface area (Å²) in [5.41, 5.74) is 8.17. The maximum Gasteiger partial charge on any atom is 0.231 e. The van der Waals surface area contributed by atoms with E-state index in [-0.39, 0.29) is 24.2 Å². The minimum absolute atomic E-state index is 0. The van der Waals surface area contributed by atoms with E-state index in [0.29, 0.717) is 6.54 Å². The van der Waals surface area contributed by atoms with E-state index in [2.05, 4.69) is 5.32 Å². The number of fused-ring (bicyclic) bond motifs is 1. The molecule has 1 aromatic rings. The molecule has 2 amide bonds. The molecule has 3 N–H and O–H groups in total. The molecular formula is C18H28ClN3O2. The summed E-state index contributed by atoms with van der Waals surface area (Å²) in [6.07, 6.45) is 3.30. The van der Waals surface area contributed by atoms with E-state index >= 15 is 0 Å². The van der Waals surface area contributed by atoms with E-state index < -0.39 is 5.41 Å². The number of anilines is 2. The van der Waals surface area contributed by atoms with Gasteiger partial charge in [0.05, 0.1) is 5.41 Å². The molecular weight excluding hydrogens is 326 g/mol. The lowest BCUT2D eigenvalue weighted by Gasteiger charge is -2.30. The van der Waals surface area contributed by atoms with Crippen molar-refractivity contribution in [3.05, 3.63) is 23.8 Å². The Morgan fingerprint density at radius 1 is 1.29 bits per heavy atom. The third-order valence-electron chi connectivity index (χ3n) is 5.06. The highest BCUT2D eigenvalue weighted by atomic mass is 35.5. The van der Waals surface area contributed by atoms with Crippen LogP contribution in [-0.2, 0) is 16.0 Å². The van der Waals surface area contributed by atoms with Crippen LogP contribution in [0.2, 0.25) is 0 Å². The molecule has 2 rings (SSSR count). The Bertz CT molecular complexity index is 592. The number of aryl methyl sites for hydroxylation is 1. The van der Waals surface area contributed by atoms with Crippen LogP contribution >= 0.6 is 12.4 Å². The molecule has 1 aliphatic rings. The van der Waals surface area contributed by atoms with Gasteiger partial charge in [-0.05, 0) is 49.4 Å². The highest BCUT2D eigenvalue weighted by Gasteiger charge is 2.33. The van der Waals surface area contributed by atoms with Crippen LogP contribution in [0.3, 0.4) is 0 Å². The second kappa shape index (κ2) is 8.49. The first-order valence-corrected chi connectivity index (χ1v) is 8.40. The number of hydrogen-bond donors (Lipinski definition) is 2. The molecule has 0 saturated carbocycles. The Kier molecular flexibility index (Phi) is 7.24. The molecule has 0 atom stereocenters. The molecule has 5 nitrogen and oxygen atoms in total. The summed E-state index contributed by atoms with van der Waals surface area (Å²) in [5.74, 6) is 0.0334. The molecule has 6 heteroatoms. The number of hydrogen-bond acceptors (Lipinski definition) is 3. The second-order valence-electron chi connectivity index (χ2n) is 6.26. The van der Waals surface area contributed by atoms with Crippen LogP contribution in [0.4, 0.5) is 11.4 Å². The lowest BCUT2D eigenvalue weighted by molar-refractivity contribution is -0.125. The second-order valence-corrected chi connectivity index (χ2v) is 6.26. The van der Waals surface area contributed by atoms with E-state index in [9.17, 15) is 9.59 Å². The summed E-state index contributed by atoms with van der Waals surface area (Å²) in [7, 11) is 0. The zero-order valence-corrected chi connectivity index (χ0v) is 15.5. The lowest BCUT2D eigenvalue weighted by Crippen LogP contribution is -2.41. The fraction of sp³-hybridized carbons (Fsp3) is 0.556. The number of carbonyl (C=O) groups is 2. The monoisotopic (exact) mass is 353 g/mol. The minimum Gasteiger partial charge on any atom is -0.329 e. The van der Waals surface area contributed by atoms with Crippen molar-refractivity contribution in [1.82, 2.24) is 0 Å². The molecule has 0 aliphatic carbocycles. The van der Waals surface area contributed by atoms with Gasteiger partial charge in [0.15, 0.2) is 0 Å². The number of rotatable bonds is 5. The van der Waals surface area contributed by atoms with Crippen LogP contribution in [-0.4, -0.2) is 24.9 Å². The Labute approximate surface area is 150 Å². The van der Waals surface area contributed by atoms with Gasteiger partial charge in [0.2, 0.25) is 11.8 Å². The van der Waals surface area contributed by atoms with Crippen LogP contribution in [0, 0.1) is 5.41 Å². The van der Waals surface area contributed by atoms with Gasteiger partial charge in [-0.1, -0.05) is 13.8 Å². The summed E-state index contributed by atoms with van der Waals surface area (Å²) < 4.78 is 0. The number of nitrogens with one attached hydrogen (secondary N) is 1. The first-order chi connectivity index (χ1) is 11.0. The predicted molar refractivity (Wildman–Crippen MR) is 101 cm³/mol. The molecule has 1 aliphatic heterocycles. The highest BCUT2D eigenvalue weighted by molar-refractivity contribution is 5.97. The van der Waals surface area contributed by atoms with Crippen molar-refractivity contribution in [2.75, 3.05) is 23.3 Å². The van der Waals surface area contributed by atoms with Crippen molar-refractivity contribution in [2.45, 2.75) is 46.5 Å². The molecule has 0 saturated heterocycles. The predicted octanol–water partition coefficient (Wildman–Crippen LogP) is 3.11. The molecule has 0 bridgehead atoms. The quantitative estimate of drug-likeness (QED) is 0.854. The van der Waals surface area contributed by atoms with Crippen LogP contribution in [0.5, 0.6) is 0 Å².